The Balaban J connectivity index is 0.000000321. The average Bonchev–Trinajstić information content (AvgIpc) is 2.70. The van der Waals surface area contributed by atoms with Crippen LogP contribution < -0.4 is 4.74 Å². The highest BCUT2D eigenvalue weighted by Crippen LogP contribution is 2.30. The van der Waals surface area contributed by atoms with E-state index in [9.17, 15) is 9.59 Å². The van der Waals surface area contributed by atoms with E-state index in [4.69, 9.17) is 14.9 Å². The van der Waals surface area contributed by atoms with E-state index >= 15 is 0 Å². The number of hydrogen-bond acceptors (Lipinski definition) is 4. The summed E-state index contributed by atoms with van der Waals surface area (Å²) in [5, 5.41) is 15.6. The molecule has 1 heterocycles. The molecule has 0 amide bonds. The van der Waals surface area contributed by atoms with Crippen molar-refractivity contribution in [3.63, 3.8) is 0 Å². The van der Waals surface area contributed by atoms with Crippen LogP contribution in [-0.4, -0.2) is 53.3 Å². The minimum atomic E-state index is -1.26. The summed E-state index contributed by atoms with van der Waals surface area (Å²) in [5.41, 5.74) is 1.37. The van der Waals surface area contributed by atoms with Gasteiger partial charge in [-0.15, -0.1) is 0 Å². The zero-order chi connectivity index (χ0) is 21.2. The van der Waals surface area contributed by atoms with Crippen molar-refractivity contribution in [1.29, 1.82) is 0 Å². The van der Waals surface area contributed by atoms with Gasteiger partial charge in [0.2, 0.25) is 0 Å². The number of nitrogens with zero attached hydrogens (tertiary/aromatic N) is 1. The summed E-state index contributed by atoms with van der Waals surface area (Å²) in [5.74, 6) is -1.14. The standard InChI is InChI=1S/C18H20BrNO.C4H4O4/c1-20-12-11-18(21-16-9-7-15(19)8-10-16)17(13-20)14-5-3-2-4-6-14;5-3(6)1-2-4(7)8/h2-10,17-18H,11-13H2,1H3;1-2H,(H,5,6)(H,7,8). The second-order valence-corrected chi connectivity index (χ2v) is 7.60. The number of carbonyl (C=O) groups is 2. The molecule has 2 N–H and O–H groups in total. The Hall–Kier alpha value is -2.64. The van der Waals surface area contributed by atoms with Crippen molar-refractivity contribution < 1.29 is 24.5 Å². The molecule has 1 saturated heterocycles. The molecule has 2 aromatic rings. The van der Waals surface area contributed by atoms with Crippen molar-refractivity contribution >= 4 is 27.9 Å². The van der Waals surface area contributed by atoms with Crippen LogP contribution >= 0.6 is 15.9 Å². The third kappa shape index (κ3) is 8.09. The Bertz CT molecular complexity index is 807. The van der Waals surface area contributed by atoms with E-state index in [0.717, 1.165) is 29.7 Å². The summed E-state index contributed by atoms with van der Waals surface area (Å²) >= 11 is 3.46. The van der Waals surface area contributed by atoms with Crippen LogP contribution in [-0.2, 0) is 9.59 Å². The third-order valence-corrected chi connectivity index (χ3v) is 4.98. The van der Waals surface area contributed by atoms with Crippen LogP contribution in [0.3, 0.4) is 0 Å². The van der Waals surface area contributed by atoms with E-state index in [1.165, 1.54) is 5.56 Å². The molecule has 0 radical (unpaired) electrons. The molecule has 0 aliphatic carbocycles. The number of ether oxygens (including phenoxy) is 1. The van der Waals surface area contributed by atoms with Crippen LogP contribution in [0.1, 0.15) is 17.9 Å². The van der Waals surface area contributed by atoms with Gasteiger partial charge in [0.25, 0.3) is 0 Å². The summed E-state index contributed by atoms with van der Waals surface area (Å²) in [4.78, 5) is 21.5. The summed E-state index contributed by atoms with van der Waals surface area (Å²) in [7, 11) is 2.19. The number of carboxylic acids is 2. The van der Waals surface area contributed by atoms with E-state index in [1.54, 1.807) is 0 Å². The smallest absolute Gasteiger partial charge is 0.328 e. The number of aliphatic carboxylic acids is 2. The van der Waals surface area contributed by atoms with Crippen LogP contribution in [0.4, 0.5) is 0 Å². The maximum atomic E-state index is 9.55. The number of carboxylic acid groups (broad SMARTS) is 2. The topological polar surface area (TPSA) is 87.1 Å². The molecule has 2 atom stereocenters. The molecule has 2 unspecified atom stereocenters. The molecular weight excluding hydrogens is 438 g/mol. The molecule has 29 heavy (non-hydrogen) atoms. The number of halogens is 1. The first-order valence-corrected chi connectivity index (χ1v) is 9.94. The Morgan fingerprint density at radius 3 is 2.17 bits per heavy atom. The van der Waals surface area contributed by atoms with E-state index < -0.39 is 11.9 Å². The number of likely N-dealkylation sites (N-methyl/N-ethyl adjacent to an activating group) is 1. The molecule has 6 nitrogen and oxygen atoms in total. The maximum Gasteiger partial charge on any atom is 0.328 e. The third-order valence-electron chi connectivity index (χ3n) is 4.45. The lowest BCUT2D eigenvalue weighted by atomic mass is 9.88. The lowest BCUT2D eigenvalue weighted by Gasteiger charge is -2.37. The van der Waals surface area contributed by atoms with E-state index in [1.807, 2.05) is 24.3 Å². The van der Waals surface area contributed by atoms with Crippen LogP contribution in [0.15, 0.2) is 71.2 Å². The zero-order valence-electron chi connectivity index (χ0n) is 16.1. The van der Waals surface area contributed by atoms with E-state index in [-0.39, 0.29) is 6.10 Å². The highest BCUT2D eigenvalue weighted by molar-refractivity contribution is 9.10. The van der Waals surface area contributed by atoms with Gasteiger partial charge in [-0.2, -0.15) is 0 Å². The maximum absolute atomic E-state index is 9.55. The lowest BCUT2D eigenvalue weighted by molar-refractivity contribution is -0.134. The van der Waals surface area contributed by atoms with Crippen LogP contribution in [0.5, 0.6) is 5.75 Å². The Kier molecular flexibility index (Phi) is 8.89. The molecule has 154 valence electrons. The van der Waals surface area contributed by atoms with Crippen LogP contribution in [0, 0.1) is 0 Å². The SMILES string of the molecule is CN1CCC(Oc2ccc(Br)cc2)C(c2ccccc2)C1.O=C(O)C=CC(=O)O. The first kappa shape index (κ1) is 22.6. The van der Waals surface area contributed by atoms with Crippen LogP contribution in [0.25, 0.3) is 0 Å². The van der Waals surface area contributed by atoms with Gasteiger partial charge in [-0.25, -0.2) is 9.59 Å². The van der Waals surface area contributed by atoms with Crippen molar-refractivity contribution in [2.45, 2.75) is 18.4 Å². The Morgan fingerprint density at radius 2 is 1.62 bits per heavy atom. The number of hydrogen-bond donors (Lipinski definition) is 2. The number of benzene rings is 2. The molecule has 1 aliphatic heterocycles. The highest BCUT2D eigenvalue weighted by Gasteiger charge is 2.30. The van der Waals surface area contributed by atoms with Crippen molar-refractivity contribution in [3.8, 4) is 5.75 Å². The molecule has 2 aromatic carbocycles. The van der Waals surface area contributed by atoms with Gasteiger partial charge in [-0.3, -0.25) is 0 Å². The molecule has 0 saturated carbocycles. The highest BCUT2D eigenvalue weighted by atomic mass is 79.9. The number of piperidine rings is 1. The average molecular weight is 462 g/mol. The van der Waals surface area contributed by atoms with Gasteiger partial charge in [-0.05, 0) is 43.3 Å². The minimum Gasteiger partial charge on any atom is -0.490 e. The monoisotopic (exact) mass is 461 g/mol. The summed E-state index contributed by atoms with van der Waals surface area (Å²) in [6, 6.07) is 18.8. The fourth-order valence-corrected chi connectivity index (χ4v) is 3.35. The predicted molar refractivity (Wildman–Crippen MR) is 114 cm³/mol. The van der Waals surface area contributed by atoms with Gasteiger partial charge < -0.3 is 19.8 Å². The molecule has 7 heteroatoms. The van der Waals surface area contributed by atoms with Gasteiger partial charge in [-0.1, -0.05) is 46.3 Å². The second-order valence-electron chi connectivity index (χ2n) is 6.69. The fraction of sp³-hybridized carbons (Fsp3) is 0.273. The van der Waals surface area contributed by atoms with E-state index in [2.05, 4.69) is 58.2 Å². The van der Waals surface area contributed by atoms with Gasteiger partial charge in [0.15, 0.2) is 0 Å². The molecular formula is C22H24BrNO5. The summed E-state index contributed by atoms with van der Waals surface area (Å²) < 4.78 is 7.36. The van der Waals surface area contributed by atoms with E-state index in [0.29, 0.717) is 18.1 Å². The Labute approximate surface area is 178 Å². The van der Waals surface area contributed by atoms with Crippen molar-refractivity contribution in [2.24, 2.45) is 0 Å². The van der Waals surface area contributed by atoms with Crippen molar-refractivity contribution in [1.82, 2.24) is 4.90 Å². The van der Waals surface area contributed by atoms with Gasteiger partial charge in [0, 0.05) is 35.6 Å². The molecule has 0 aromatic heterocycles. The molecule has 1 aliphatic rings. The zero-order valence-corrected chi connectivity index (χ0v) is 17.7. The van der Waals surface area contributed by atoms with Gasteiger partial charge in [0.05, 0.1) is 0 Å². The van der Waals surface area contributed by atoms with Gasteiger partial charge in [0.1, 0.15) is 11.9 Å². The largest absolute Gasteiger partial charge is 0.490 e. The first-order valence-electron chi connectivity index (χ1n) is 9.15. The van der Waals surface area contributed by atoms with Crippen molar-refractivity contribution in [2.75, 3.05) is 20.1 Å². The lowest BCUT2D eigenvalue weighted by Crippen LogP contribution is -2.42. The number of rotatable bonds is 5. The normalized spacial score (nSPS) is 19.2. The molecule has 1 fully saturated rings. The molecule has 0 bridgehead atoms. The van der Waals surface area contributed by atoms with Crippen molar-refractivity contribution in [3.05, 3.63) is 76.8 Å². The molecule has 0 spiro atoms. The molecule has 3 rings (SSSR count). The predicted octanol–water partition coefficient (Wildman–Crippen LogP) is 4.03. The Morgan fingerprint density at radius 1 is 1.03 bits per heavy atom. The summed E-state index contributed by atoms with van der Waals surface area (Å²) in [6.07, 6.45) is 2.42. The quantitative estimate of drug-likeness (QED) is 0.653. The van der Waals surface area contributed by atoms with Crippen LogP contribution in [0.2, 0.25) is 0 Å². The fourth-order valence-electron chi connectivity index (χ4n) is 3.09. The minimum absolute atomic E-state index is 0.241. The summed E-state index contributed by atoms with van der Waals surface area (Å²) in [6.45, 7) is 2.13. The second kappa shape index (κ2) is 11.4. The first-order chi connectivity index (χ1) is 13.8. The number of likely N-dealkylation sites (tertiary alicyclic amines) is 1. The van der Waals surface area contributed by atoms with Gasteiger partial charge >= 0.3 is 11.9 Å².